The number of carbonyl (C=O) groups excluding carboxylic acids is 2. The van der Waals surface area contributed by atoms with Crippen LogP contribution in [0.4, 0.5) is 0 Å². The molecule has 290 valence electrons. The largest absolute Gasteiger partial charge is 0.438 e. The second kappa shape index (κ2) is 19.8. The Morgan fingerprint density at radius 2 is 1.59 bits per heavy atom. The number of H-pyrrole nitrogens is 1. The van der Waals surface area contributed by atoms with Crippen LogP contribution in [0.5, 0.6) is 0 Å². The number of carbonyl (C=O) groups is 2. The molecule has 1 aromatic rings. The summed E-state index contributed by atoms with van der Waals surface area (Å²) in [6.45, 7) is 19.4. The molecule has 1 N–H and O–H groups in total. The number of esters is 2. The van der Waals surface area contributed by atoms with Crippen LogP contribution in [0, 0.1) is 17.4 Å². The number of aromatic nitrogens is 2. The van der Waals surface area contributed by atoms with Crippen LogP contribution < -0.4 is 11.2 Å². The third-order valence-corrected chi connectivity index (χ3v) is 12.8. The fraction of sp³-hybridized carbons (Fsp3) is 0.774. The average molecular weight is 783 g/mol. The van der Waals surface area contributed by atoms with Gasteiger partial charge in [-0.05, 0) is 80.6 Å². The van der Waals surface area contributed by atoms with Gasteiger partial charge in [0.05, 0.1) is 16.9 Å². The van der Waals surface area contributed by atoms with Gasteiger partial charge < -0.3 is 32.8 Å². The molecule has 1 aliphatic heterocycles. The molecule has 1 aliphatic rings. The van der Waals surface area contributed by atoms with Crippen molar-refractivity contribution in [1.29, 1.82) is 0 Å². The van der Waals surface area contributed by atoms with Crippen LogP contribution in [0.3, 0.4) is 0 Å². The number of nitrogens with zero attached hydrogens (tertiary/aromatic N) is 3. The summed E-state index contributed by atoms with van der Waals surface area (Å²) in [5.74, 6) is -1.39. The van der Waals surface area contributed by atoms with E-state index in [-0.39, 0.29) is 31.0 Å². The first-order valence-corrected chi connectivity index (χ1v) is 20.5. The van der Waals surface area contributed by atoms with Crippen LogP contribution in [-0.2, 0) is 51.2 Å². The van der Waals surface area contributed by atoms with Gasteiger partial charge in [0.15, 0.2) is 6.23 Å². The van der Waals surface area contributed by atoms with Crippen LogP contribution >= 0.6 is 26.7 Å². The Morgan fingerprint density at radius 1 is 1.04 bits per heavy atom. The Balaban J connectivity index is 2.50. The van der Waals surface area contributed by atoms with Gasteiger partial charge in [0.2, 0.25) is 20.1 Å². The number of hydrogen-bond donors (Lipinski definition) is 1. The van der Waals surface area contributed by atoms with E-state index < -0.39 is 87.5 Å². The monoisotopic (exact) mass is 782 g/mol. The average Bonchev–Trinajstić information content (AvgIpc) is 3.35. The lowest BCUT2D eigenvalue weighted by molar-refractivity contribution is -0.161. The SMILES string of the molecule is [C-]#[N+]CCOP(OC1C(OC)[C@H](n2ccc(=O)[nH]c2=O)O[C@@H]1CSP(=O)(OCOC(=O)C(C)(C)C)OCOC(=O)C(C)(C)C)N(C(C)C)C(C)C. The number of hydrogen-bond acceptors (Lipinski definition) is 15. The molecular weight excluding hydrogens is 730 g/mol. The maximum atomic E-state index is 14.1. The Bertz CT molecular complexity index is 1460. The lowest BCUT2D eigenvalue weighted by Gasteiger charge is -2.38. The van der Waals surface area contributed by atoms with E-state index in [1.54, 1.807) is 41.5 Å². The minimum absolute atomic E-state index is 0.0496. The highest BCUT2D eigenvalue weighted by molar-refractivity contribution is 8.55. The third-order valence-electron chi connectivity index (χ3n) is 6.97. The van der Waals surface area contributed by atoms with Gasteiger partial charge in [-0.3, -0.25) is 33.0 Å². The Hall–Kier alpha value is -2.16. The Kier molecular flexibility index (Phi) is 17.5. The van der Waals surface area contributed by atoms with E-state index >= 15 is 0 Å². The first kappa shape index (κ1) is 45.0. The first-order chi connectivity index (χ1) is 23.6. The number of nitrogens with one attached hydrogen (secondary N) is 1. The lowest BCUT2D eigenvalue weighted by atomic mass is 9.98. The predicted molar refractivity (Wildman–Crippen MR) is 190 cm³/mol. The van der Waals surface area contributed by atoms with E-state index in [9.17, 15) is 23.7 Å². The fourth-order valence-corrected chi connectivity index (χ4v) is 9.10. The summed E-state index contributed by atoms with van der Waals surface area (Å²) < 4.78 is 63.5. The van der Waals surface area contributed by atoms with Crippen molar-refractivity contribution in [2.24, 2.45) is 10.8 Å². The van der Waals surface area contributed by atoms with Crippen LogP contribution in [0.2, 0.25) is 0 Å². The van der Waals surface area contributed by atoms with Gasteiger partial charge in [0.1, 0.15) is 18.8 Å². The molecule has 0 aromatic carbocycles. The molecule has 1 fully saturated rings. The molecule has 17 nitrogen and oxygen atoms in total. The number of aromatic amines is 1. The Labute approximate surface area is 304 Å². The van der Waals surface area contributed by atoms with Crippen molar-refractivity contribution < 1.29 is 51.2 Å². The molecule has 0 saturated carbocycles. The summed E-state index contributed by atoms with van der Waals surface area (Å²) in [7, 11) is -0.450. The van der Waals surface area contributed by atoms with Crippen molar-refractivity contribution in [2.75, 3.05) is 39.6 Å². The molecule has 51 heavy (non-hydrogen) atoms. The van der Waals surface area contributed by atoms with Crippen molar-refractivity contribution in [3.05, 3.63) is 44.5 Å². The minimum Gasteiger partial charge on any atom is -0.438 e. The summed E-state index contributed by atoms with van der Waals surface area (Å²) in [4.78, 5) is 55.1. The molecule has 20 heteroatoms. The molecule has 0 bridgehead atoms. The van der Waals surface area contributed by atoms with Crippen molar-refractivity contribution in [3.8, 4) is 0 Å². The van der Waals surface area contributed by atoms with E-state index in [4.69, 9.17) is 43.6 Å². The standard InChI is InChI=1S/C31H52N4O13P2S/c1-20(2)35(21(3)4)49(44-16-14-32-11)48-24-22(47-26(25(24)41-12)34-15-13-23(36)33-29(34)39)17-51-50(40,45-18-42-27(37)30(5,6)7)46-19-43-28(38)31(8,9)10/h13,15,20-22,24-26H,14,16-19H2,1-10,12H3,(H,33,36,39)/t22-,24?,25?,26-,49?/m1/s1. The van der Waals surface area contributed by atoms with E-state index in [0.29, 0.717) is 11.4 Å². The molecule has 0 radical (unpaired) electrons. The summed E-state index contributed by atoms with van der Waals surface area (Å²) >= 11 is 0.665. The normalized spacial score (nSPS) is 20.5. The van der Waals surface area contributed by atoms with Gasteiger partial charge in [0.25, 0.3) is 14.1 Å². The zero-order chi connectivity index (χ0) is 38.7. The fourth-order valence-electron chi connectivity index (χ4n) is 4.46. The number of rotatable bonds is 19. The maximum Gasteiger partial charge on any atom is 0.395 e. The molecule has 1 saturated heterocycles. The van der Waals surface area contributed by atoms with Gasteiger partial charge in [-0.25, -0.2) is 20.6 Å². The van der Waals surface area contributed by atoms with Gasteiger partial charge in [0, 0.05) is 37.2 Å². The quantitative estimate of drug-likeness (QED) is 0.0643. The van der Waals surface area contributed by atoms with Gasteiger partial charge in [-0.2, -0.15) is 0 Å². The molecule has 5 atom stereocenters. The highest BCUT2D eigenvalue weighted by Crippen LogP contribution is 2.62. The third kappa shape index (κ3) is 13.6. The van der Waals surface area contributed by atoms with Crippen molar-refractivity contribution in [1.82, 2.24) is 14.2 Å². The second-order valence-corrected chi connectivity index (χ2v) is 19.5. The minimum atomic E-state index is -4.26. The van der Waals surface area contributed by atoms with Gasteiger partial charge in [-0.1, -0.05) is 0 Å². The molecule has 2 rings (SSSR count). The maximum absolute atomic E-state index is 14.1. The molecule has 1 aromatic heterocycles. The van der Waals surface area contributed by atoms with E-state index in [0.717, 1.165) is 10.6 Å². The lowest BCUT2D eigenvalue weighted by Crippen LogP contribution is -2.41. The van der Waals surface area contributed by atoms with Crippen LogP contribution in [0.25, 0.3) is 4.85 Å². The second-order valence-electron chi connectivity index (χ2n) is 14.0. The smallest absolute Gasteiger partial charge is 0.395 e. The molecule has 0 spiro atoms. The summed E-state index contributed by atoms with van der Waals surface area (Å²) in [6.07, 6.45) is -2.77. The summed E-state index contributed by atoms with van der Waals surface area (Å²) in [6, 6.07) is 1.06. The number of ether oxygens (including phenoxy) is 4. The van der Waals surface area contributed by atoms with E-state index in [2.05, 4.69) is 9.83 Å². The van der Waals surface area contributed by atoms with Crippen LogP contribution in [0.15, 0.2) is 21.9 Å². The van der Waals surface area contributed by atoms with Crippen LogP contribution in [-0.4, -0.2) is 96.2 Å². The number of methoxy groups -OCH3 is 1. The molecule has 0 amide bonds. The van der Waals surface area contributed by atoms with Crippen LogP contribution in [0.1, 0.15) is 75.5 Å². The zero-order valence-corrected chi connectivity index (χ0v) is 33.7. The highest BCUT2D eigenvalue weighted by atomic mass is 32.7. The zero-order valence-electron chi connectivity index (χ0n) is 31.1. The molecular formula is C31H52N4O13P2S. The Morgan fingerprint density at radius 3 is 2.04 bits per heavy atom. The summed E-state index contributed by atoms with van der Waals surface area (Å²) in [5, 5.41) is 0. The molecule has 0 aliphatic carbocycles. The highest BCUT2D eigenvalue weighted by Gasteiger charge is 2.50. The topological polar surface area (TPSA) is 188 Å². The summed E-state index contributed by atoms with van der Waals surface area (Å²) in [5.41, 5.74) is -3.11. The van der Waals surface area contributed by atoms with E-state index in [1.165, 1.54) is 13.3 Å². The molecule has 2 heterocycles. The van der Waals surface area contributed by atoms with Gasteiger partial charge >= 0.3 is 24.4 Å². The first-order valence-electron chi connectivity index (χ1n) is 16.2. The van der Waals surface area contributed by atoms with Crippen molar-refractivity contribution in [3.63, 3.8) is 0 Å². The predicted octanol–water partition coefficient (Wildman–Crippen LogP) is 5.08. The van der Waals surface area contributed by atoms with Gasteiger partial charge in [-0.15, -0.1) is 0 Å². The van der Waals surface area contributed by atoms with E-state index in [1.807, 2.05) is 32.4 Å². The van der Waals surface area contributed by atoms with Crippen molar-refractivity contribution >= 4 is 38.6 Å². The van der Waals surface area contributed by atoms with Crippen molar-refractivity contribution in [2.45, 2.75) is 106 Å². The molecule has 3 unspecified atom stereocenters.